The highest BCUT2D eigenvalue weighted by atomic mass is 35.5. The van der Waals surface area contributed by atoms with Gasteiger partial charge in [-0.05, 0) is 12.8 Å². The highest BCUT2D eigenvalue weighted by Crippen LogP contribution is 2.30. The van der Waals surface area contributed by atoms with Crippen LogP contribution in [0.2, 0.25) is 5.15 Å². The third-order valence-electron chi connectivity index (χ3n) is 3.13. The van der Waals surface area contributed by atoms with Crippen molar-refractivity contribution in [3.05, 3.63) is 21.6 Å². The SMILES string of the molecule is CN(CC(=O)N1CCCC1)c1ncnc(Cl)c1[N+](=O)[O-]. The number of nitro groups is 1. The van der Waals surface area contributed by atoms with Crippen molar-refractivity contribution in [3.63, 3.8) is 0 Å². The molecule has 0 atom stereocenters. The summed E-state index contributed by atoms with van der Waals surface area (Å²) in [6.45, 7) is 1.49. The summed E-state index contributed by atoms with van der Waals surface area (Å²) in [5.74, 6) is -0.0309. The second kappa shape index (κ2) is 6.00. The van der Waals surface area contributed by atoms with Crippen LogP contribution in [0.25, 0.3) is 0 Å². The van der Waals surface area contributed by atoms with E-state index in [1.165, 1.54) is 4.90 Å². The Labute approximate surface area is 120 Å². The fourth-order valence-corrected chi connectivity index (χ4v) is 2.33. The lowest BCUT2D eigenvalue weighted by Crippen LogP contribution is -2.37. The van der Waals surface area contributed by atoms with Gasteiger partial charge < -0.3 is 9.80 Å². The van der Waals surface area contributed by atoms with Gasteiger partial charge >= 0.3 is 5.69 Å². The van der Waals surface area contributed by atoms with Crippen LogP contribution in [0.1, 0.15) is 12.8 Å². The van der Waals surface area contributed by atoms with Crippen molar-refractivity contribution in [1.29, 1.82) is 0 Å². The summed E-state index contributed by atoms with van der Waals surface area (Å²) in [5.41, 5.74) is -0.383. The van der Waals surface area contributed by atoms with Crippen molar-refractivity contribution in [2.24, 2.45) is 0 Å². The Hall–Kier alpha value is -1.96. The Balaban J connectivity index is 2.16. The Kier molecular flexibility index (Phi) is 4.33. The van der Waals surface area contributed by atoms with E-state index in [1.54, 1.807) is 11.9 Å². The van der Waals surface area contributed by atoms with Crippen molar-refractivity contribution in [2.45, 2.75) is 12.8 Å². The standard InChI is InChI=1S/C11H14ClN5O3/c1-15(6-8(18)16-4-2-3-5-16)11-9(17(19)20)10(12)13-7-14-11/h7H,2-6H2,1H3. The maximum absolute atomic E-state index is 12.0. The number of likely N-dealkylation sites (tertiary alicyclic amines) is 1. The minimum Gasteiger partial charge on any atom is -0.344 e. The normalized spacial score (nSPS) is 14.4. The van der Waals surface area contributed by atoms with Gasteiger partial charge in [-0.1, -0.05) is 11.6 Å². The molecule has 1 aliphatic rings. The second-order valence-electron chi connectivity index (χ2n) is 4.54. The van der Waals surface area contributed by atoms with E-state index in [-0.39, 0.29) is 29.1 Å². The molecule has 9 heteroatoms. The number of carbonyl (C=O) groups excluding carboxylic acids is 1. The predicted octanol–water partition coefficient (Wildman–Crippen LogP) is 1.10. The Morgan fingerprint density at radius 1 is 1.50 bits per heavy atom. The molecule has 2 heterocycles. The highest BCUT2D eigenvalue weighted by molar-refractivity contribution is 6.31. The van der Waals surface area contributed by atoms with E-state index < -0.39 is 4.92 Å². The molecule has 20 heavy (non-hydrogen) atoms. The van der Waals surface area contributed by atoms with Crippen LogP contribution in [0.4, 0.5) is 11.5 Å². The fourth-order valence-electron chi connectivity index (χ4n) is 2.13. The summed E-state index contributed by atoms with van der Waals surface area (Å²) in [6.07, 6.45) is 3.13. The number of amides is 1. The molecule has 1 saturated heterocycles. The zero-order valence-corrected chi connectivity index (χ0v) is 11.7. The molecule has 0 spiro atoms. The lowest BCUT2D eigenvalue weighted by atomic mass is 10.4. The number of carbonyl (C=O) groups is 1. The van der Waals surface area contributed by atoms with Crippen LogP contribution in [0.3, 0.4) is 0 Å². The van der Waals surface area contributed by atoms with Gasteiger partial charge in [0, 0.05) is 20.1 Å². The van der Waals surface area contributed by atoms with Gasteiger partial charge in [-0.15, -0.1) is 0 Å². The van der Waals surface area contributed by atoms with Crippen molar-refractivity contribution in [3.8, 4) is 0 Å². The summed E-state index contributed by atoms with van der Waals surface area (Å²) in [4.78, 5) is 33.0. The molecule has 1 amide bonds. The summed E-state index contributed by atoms with van der Waals surface area (Å²) in [6, 6.07) is 0. The molecular formula is C11H14ClN5O3. The van der Waals surface area contributed by atoms with E-state index in [4.69, 9.17) is 11.6 Å². The first-order valence-corrected chi connectivity index (χ1v) is 6.52. The van der Waals surface area contributed by atoms with E-state index in [0.29, 0.717) is 0 Å². The van der Waals surface area contributed by atoms with Crippen molar-refractivity contribution in [1.82, 2.24) is 14.9 Å². The van der Waals surface area contributed by atoms with Gasteiger partial charge in [0.1, 0.15) is 6.33 Å². The molecule has 0 unspecified atom stereocenters. The van der Waals surface area contributed by atoms with E-state index in [1.807, 2.05) is 0 Å². The van der Waals surface area contributed by atoms with Gasteiger partial charge in [-0.25, -0.2) is 9.97 Å². The topological polar surface area (TPSA) is 92.5 Å². The quantitative estimate of drug-likeness (QED) is 0.469. The van der Waals surface area contributed by atoms with Gasteiger partial charge in [0.25, 0.3) is 0 Å². The third kappa shape index (κ3) is 2.96. The van der Waals surface area contributed by atoms with Crippen LogP contribution in [-0.4, -0.2) is 52.4 Å². The van der Waals surface area contributed by atoms with Crippen molar-refractivity contribution in [2.75, 3.05) is 31.6 Å². The third-order valence-corrected chi connectivity index (χ3v) is 3.41. The maximum atomic E-state index is 12.0. The van der Waals surface area contributed by atoms with Gasteiger partial charge in [0.2, 0.25) is 16.9 Å². The lowest BCUT2D eigenvalue weighted by molar-refractivity contribution is -0.384. The van der Waals surface area contributed by atoms with Crippen molar-refractivity contribution >= 4 is 29.0 Å². The molecule has 108 valence electrons. The van der Waals surface area contributed by atoms with Crippen LogP contribution in [0.15, 0.2) is 6.33 Å². The molecule has 1 aliphatic heterocycles. The Morgan fingerprint density at radius 2 is 2.15 bits per heavy atom. The first kappa shape index (κ1) is 14.4. The van der Waals surface area contributed by atoms with Crippen LogP contribution in [0, 0.1) is 10.1 Å². The maximum Gasteiger partial charge on any atom is 0.348 e. The molecule has 0 N–H and O–H groups in total. The number of hydrogen-bond donors (Lipinski definition) is 0. The summed E-state index contributed by atoms with van der Waals surface area (Å²) >= 11 is 5.72. The molecule has 0 aliphatic carbocycles. The van der Waals surface area contributed by atoms with Gasteiger partial charge in [-0.3, -0.25) is 14.9 Å². The second-order valence-corrected chi connectivity index (χ2v) is 4.90. The Bertz CT molecular complexity index is 533. The molecule has 1 fully saturated rings. The van der Waals surface area contributed by atoms with E-state index in [9.17, 15) is 14.9 Å². The largest absolute Gasteiger partial charge is 0.348 e. The van der Waals surface area contributed by atoms with E-state index in [2.05, 4.69) is 9.97 Å². The number of halogens is 1. The minimum atomic E-state index is -0.644. The summed E-state index contributed by atoms with van der Waals surface area (Å²) in [7, 11) is 1.57. The summed E-state index contributed by atoms with van der Waals surface area (Å²) < 4.78 is 0. The predicted molar refractivity (Wildman–Crippen MR) is 72.8 cm³/mol. The van der Waals surface area contributed by atoms with E-state index in [0.717, 1.165) is 32.3 Å². The van der Waals surface area contributed by atoms with Crippen LogP contribution < -0.4 is 4.90 Å². The number of nitrogens with zero attached hydrogens (tertiary/aromatic N) is 5. The van der Waals surface area contributed by atoms with E-state index >= 15 is 0 Å². The number of likely N-dealkylation sites (N-methyl/N-ethyl adjacent to an activating group) is 1. The van der Waals surface area contributed by atoms with Crippen LogP contribution >= 0.6 is 11.6 Å². The summed E-state index contributed by atoms with van der Waals surface area (Å²) in [5, 5.41) is 10.8. The van der Waals surface area contributed by atoms with Gasteiger partial charge in [0.15, 0.2) is 0 Å². The number of rotatable bonds is 4. The van der Waals surface area contributed by atoms with Crippen molar-refractivity contribution < 1.29 is 9.72 Å². The smallest absolute Gasteiger partial charge is 0.344 e. The molecule has 0 bridgehead atoms. The monoisotopic (exact) mass is 299 g/mol. The fraction of sp³-hybridized carbons (Fsp3) is 0.545. The first-order chi connectivity index (χ1) is 9.50. The van der Waals surface area contributed by atoms with Gasteiger partial charge in [0.05, 0.1) is 11.5 Å². The number of anilines is 1. The molecular weight excluding hydrogens is 286 g/mol. The zero-order valence-electron chi connectivity index (χ0n) is 11.0. The average Bonchev–Trinajstić information content (AvgIpc) is 2.91. The molecule has 0 saturated carbocycles. The first-order valence-electron chi connectivity index (χ1n) is 6.14. The Morgan fingerprint density at radius 3 is 2.75 bits per heavy atom. The molecule has 2 rings (SSSR count). The number of aromatic nitrogens is 2. The van der Waals surface area contributed by atoms with Gasteiger partial charge in [-0.2, -0.15) is 0 Å². The molecule has 1 aromatic heterocycles. The molecule has 0 aromatic carbocycles. The molecule has 0 radical (unpaired) electrons. The highest BCUT2D eigenvalue weighted by Gasteiger charge is 2.27. The molecule has 8 nitrogen and oxygen atoms in total. The number of hydrogen-bond acceptors (Lipinski definition) is 6. The minimum absolute atomic E-state index is 0.0220. The van der Waals surface area contributed by atoms with Crippen LogP contribution in [-0.2, 0) is 4.79 Å². The zero-order chi connectivity index (χ0) is 14.7. The molecule has 1 aromatic rings. The average molecular weight is 300 g/mol. The lowest BCUT2D eigenvalue weighted by Gasteiger charge is -2.21. The van der Waals surface area contributed by atoms with Crippen LogP contribution in [0.5, 0.6) is 0 Å².